The highest BCUT2D eigenvalue weighted by Gasteiger charge is 2.58. The first-order valence-corrected chi connectivity index (χ1v) is 9.02. The van der Waals surface area contributed by atoms with Crippen molar-refractivity contribution in [2.75, 3.05) is 4.90 Å². The molecule has 3 rings (SSSR count). The van der Waals surface area contributed by atoms with Crippen molar-refractivity contribution in [1.29, 1.82) is 10.5 Å². The Bertz CT molecular complexity index is 727. The Morgan fingerprint density at radius 1 is 1.24 bits per heavy atom. The zero-order valence-electron chi connectivity index (χ0n) is 14.6. The molecule has 0 spiro atoms. The minimum absolute atomic E-state index is 0.00423. The highest BCUT2D eigenvalue weighted by atomic mass is 16.2. The minimum atomic E-state index is -1.03. The van der Waals surface area contributed by atoms with Gasteiger partial charge in [0.1, 0.15) is 5.41 Å². The minimum Gasteiger partial charge on any atom is -0.308 e. The lowest BCUT2D eigenvalue weighted by molar-refractivity contribution is -0.134. The van der Waals surface area contributed by atoms with E-state index in [1.54, 1.807) is 0 Å². The third-order valence-corrected chi connectivity index (χ3v) is 5.63. The molecule has 25 heavy (non-hydrogen) atoms. The van der Waals surface area contributed by atoms with Gasteiger partial charge < -0.3 is 4.90 Å². The molecular formula is C21H23N3O. The number of para-hydroxylation sites is 1. The maximum absolute atomic E-state index is 12.6. The van der Waals surface area contributed by atoms with Crippen molar-refractivity contribution < 1.29 is 4.79 Å². The van der Waals surface area contributed by atoms with Crippen molar-refractivity contribution in [3.8, 4) is 12.1 Å². The lowest BCUT2D eigenvalue weighted by atomic mass is 9.58. The molecule has 0 unspecified atom stereocenters. The van der Waals surface area contributed by atoms with Crippen LogP contribution in [0.5, 0.6) is 0 Å². The summed E-state index contributed by atoms with van der Waals surface area (Å²) in [4.78, 5) is 14.5. The molecule has 2 fully saturated rings. The van der Waals surface area contributed by atoms with Crippen LogP contribution >= 0.6 is 0 Å². The predicted octanol–water partition coefficient (Wildman–Crippen LogP) is 4.21. The zero-order valence-corrected chi connectivity index (χ0v) is 14.6. The number of nitriles is 2. The van der Waals surface area contributed by atoms with Crippen LogP contribution in [0.15, 0.2) is 42.5 Å². The van der Waals surface area contributed by atoms with Crippen LogP contribution in [0, 0.1) is 39.9 Å². The van der Waals surface area contributed by atoms with E-state index in [9.17, 15) is 15.3 Å². The van der Waals surface area contributed by atoms with Crippen molar-refractivity contribution in [2.45, 2.75) is 45.1 Å². The van der Waals surface area contributed by atoms with Crippen molar-refractivity contribution in [3.63, 3.8) is 0 Å². The molecule has 0 aromatic heterocycles. The third-order valence-electron chi connectivity index (χ3n) is 5.63. The molecule has 1 aromatic carbocycles. The maximum Gasteiger partial charge on any atom is 0.232 e. The van der Waals surface area contributed by atoms with Gasteiger partial charge in [0.15, 0.2) is 0 Å². The summed E-state index contributed by atoms with van der Waals surface area (Å²) >= 11 is 0. The molecule has 1 saturated heterocycles. The molecule has 3 atom stereocenters. The van der Waals surface area contributed by atoms with E-state index in [-0.39, 0.29) is 23.8 Å². The van der Waals surface area contributed by atoms with E-state index in [1.165, 1.54) is 0 Å². The first-order valence-electron chi connectivity index (χ1n) is 9.02. The SMILES string of the molecule is CC/C=C/CC[C@@H]1C[C@H]2[C@@H](CC1(C#N)C#N)C(=O)N2c1ccccc1. The average molecular weight is 333 g/mol. The molecule has 1 heterocycles. The zero-order chi connectivity index (χ0) is 17.9. The van der Waals surface area contributed by atoms with Crippen molar-refractivity contribution >= 4 is 11.6 Å². The first kappa shape index (κ1) is 17.2. The number of rotatable bonds is 5. The summed E-state index contributed by atoms with van der Waals surface area (Å²) in [5.41, 5.74) is -0.112. The highest BCUT2D eigenvalue weighted by molar-refractivity contribution is 6.03. The second-order valence-corrected chi connectivity index (χ2v) is 7.01. The van der Waals surface area contributed by atoms with Crippen LogP contribution in [0.4, 0.5) is 5.69 Å². The lowest BCUT2D eigenvalue weighted by Crippen LogP contribution is -2.66. The van der Waals surface area contributed by atoms with Crippen LogP contribution in [0.2, 0.25) is 0 Å². The summed E-state index contributed by atoms with van der Waals surface area (Å²) in [7, 11) is 0. The molecule has 1 aliphatic carbocycles. The summed E-state index contributed by atoms with van der Waals surface area (Å²) in [5.74, 6) is -0.137. The molecule has 1 aromatic rings. The molecule has 0 radical (unpaired) electrons. The number of allylic oxidation sites excluding steroid dienone is 2. The molecule has 0 bridgehead atoms. The Kier molecular flexibility index (Phi) is 4.91. The van der Waals surface area contributed by atoms with Crippen LogP contribution in [0.25, 0.3) is 0 Å². The third kappa shape index (κ3) is 2.94. The van der Waals surface area contributed by atoms with Gasteiger partial charge in [0, 0.05) is 11.7 Å². The highest BCUT2D eigenvalue weighted by Crippen LogP contribution is 2.52. The number of β-lactam (4-membered cyclic amide) rings is 1. The molecule has 1 saturated carbocycles. The number of hydrogen-bond acceptors (Lipinski definition) is 3. The number of benzene rings is 1. The van der Waals surface area contributed by atoms with Gasteiger partial charge in [-0.15, -0.1) is 0 Å². The standard InChI is InChI=1S/C21H23N3O/c1-2-3-4-6-9-16-12-19-18(13-21(16,14-22)15-23)20(25)24(19)17-10-7-5-8-11-17/h3-5,7-8,10-11,16,18-19H,2,6,9,12-13H2,1H3/b4-3+/t16-,18-,19+/m1/s1. The molecule has 1 amide bonds. The summed E-state index contributed by atoms with van der Waals surface area (Å²) in [6.07, 6.45) is 8.04. The number of carbonyl (C=O) groups is 1. The summed E-state index contributed by atoms with van der Waals surface area (Å²) < 4.78 is 0. The van der Waals surface area contributed by atoms with Gasteiger partial charge in [-0.3, -0.25) is 4.79 Å². The summed E-state index contributed by atoms with van der Waals surface area (Å²) in [5, 5.41) is 19.4. The first-order chi connectivity index (χ1) is 12.2. The normalized spacial score (nSPS) is 27.2. The quantitative estimate of drug-likeness (QED) is 0.599. The van der Waals surface area contributed by atoms with Gasteiger partial charge in [0.25, 0.3) is 0 Å². The molecule has 4 nitrogen and oxygen atoms in total. The van der Waals surface area contributed by atoms with Gasteiger partial charge in [-0.1, -0.05) is 37.3 Å². The molecule has 0 N–H and O–H groups in total. The lowest BCUT2D eigenvalue weighted by Gasteiger charge is -2.54. The number of fused-ring (bicyclic) bond motifs is 1. The van der Waals surface area contributed by atoms with Crippen molar-refractivity contribution in [2.24, 2.45) is 17.3 Å². The second-order valence-electron chi connectivity index (χ2n) is 7.01. The monoisotopic (exact) mass is 333 g/mol. The van der Waals surface area contributed by atoms with Crippen LogP contribution in [-0.4, -0.2) is 11.9 Å². The fraction of sp³-hybridized carbons (Fsp3) is 0.476. The summed E-state index contributed by atoms with van der Waals surface area (Å²) in [6.45, 7) is 2.09. The molecule has 1 aliphatic heterocycles. The maximum atomic E-state index is 12.6. The van der Waals surface area contributed by atoms with Gasteiger partial charge in [-0.25, -0.2) is 0 Å². The Labute approximate surface area is 149 Å². The number of carbonyl (C=O) groups excluding carboxylic acids is 1. The molecule has 128 valence electrons. The smallest absolute Gasteiger partial charge is 0.232 e. The van der Waals surface area contributed by atoms with Gasteiger partial charge >= 0.3 is 0 Å². The van der Waals surface area contributed by atoms with Gasteiger partial charge in [-0.05, 0) is 50.2 Å². The molecular weight excluding hydrogens is 310 g/mol. The van der Waals surface area contributed by atoms with Gasteiger partial charge in [-0.2, -0.15) is 10.5 Å². The number of hydrogen-bond donors (Lipinski definition) is 0. The second kappa shape index (κ2) is 7.11. The van der Waals surface area contributed by atoms with Crippen LogP contribution in [0.1, 0.15) is 39.0 Å². The fourth-order valence-electron chi connectivity index (χ4n) is 4.26. The largest absolute Gasteiger partial charge is 0.308 e. The average Bonchev–Trinajstić information content (AvgIpc) is 2.66. The predicted molar refractivity (Wildman–Crippen MR) is 96.3 cm³/mol. The number of nitrogens with zero attached hydrogens (tertiary/aromatic N) is 3. The van der Waals surface area contributed by atoms with E-state index in [0.29, 0.717) is 6.42 Å². The van der Waals surface area contributed by atoms with Gasteiger partial charge in [0.05, 0.1) is 18.1 Å². The van der Waals surface area contributed by atoms with E-state index in [2.05, 4.69) is 31.2 Å². The van der Waals surface area contributed by atoms with E-state index in [4.69, 9.17) is 0 Å². The molecule has 4 heteroatoms. The van der Waals surface area contributed by atoms with Crippen molar-refractivity contribution in [1.82, 2.24) is 0 Å². The Hall–Kier alpha value is -2.59. The Morgan fingerprint density at radius 2 is 1.96 bits per heavy atom. The molecule has 2 aliphatic rings. The van der Waals surface area contributed by atoms with Gasteiger partial charge in [0.2, 0.25) is 5.91 Å². The van der Waals surface area contributed by atoms with Crippen LogP contribution in [-0.2, 0) is 4.79 Å². The van der Waals surface area contributed by atoms with E-state index < -0.39 is 5.41 Å². The number of amides is 1. The summed E-state index contributed by atoms with van der Waals surface area (Å²) in [6, 6.07) is 14.3. The van der Waals surface area contributed by atoms with E-state index >= 15 is 0 Å². The Morgan fingerprint density at radius 3 is 2.60 bits per heavy atom. The topological polar surface area (TPSA) is 67.9 Å². The van der Waals surface area contributed by atoms with Crippen LogP contribution < -0.4 is 4.90 Å². The fourth-order valence-corrected chi connectivity index (χ4v) is 4.26. The Balaban J connectivity index is 1.81. The van der Waals surface area contributed by atoms with Crippen LogP contribution in [0.3, 0.4) is 0 Å². The number of anilines is 1. The van der Waals surface area contributed by atoms with E-state index in [1.807, 2.05) is 35.2 Å². The van der Waals surface area contributed by atoms with Crippen molar-refractivity contribution in [3.05, 3.63) is 42.5 Å². The van der Waals surface area contributed by atoms with E-state index in [0.717, 1.165) is 31.4 Å².